The fourth-order valence-corrected chi connectivity index (χ4v) is 2.91. The second-order valence-electron chi connectivity index (χ2n) is 5.11. The van der Waals surface area contributed by atoms with Gasteiger partial charge in [0, 0.05) is 4.47 Å². The summed E-state index contributed by atoms with van der Waals surface area (Å²) < 4.78 is 20.3. The van der Waals surface area contributed by atoms with Crippen LogP contribution in [-0.2, 0) is 13.0 Å². The Morgan fingerprint density at radius 1 is 1.10 bits per heavy atom. The summed E-state index contributed by atoms with van der Waals surface area (Å²) in [6, 6.07) is 8.78. The third kappa shape index (κ3) is 4.05. The Kier molecular flexibility index (Phi) is 5.37. The van der Waals surface area contributed by atoms with Gasteiger partial charge >= 0.3 is 0 Å². The molecule has 0 unspecified atom stereocenters. The van der Waals surface area contributed by atoms with Gasteiger partial charge in [0.2, 0.25) is 0 Å². The van der Waals surface area contributed by atoms with Gasteiger partial charge in [-0.2, -0.15) is 0 Å². The van der Waals surface area contributed by atoms with Crippen LogP contribution < -0.4 is 10.5 Å². The molecule has 0 aliphatic rings. The van der Waals surface area contributed by atoms with Gasteiger partial charge < -0.3 is 10.5 Å². The van der Waals surface area contributed by atoms with E-state index >= 15 is 0 Å². The number of ether oxygens (including phenoxy) is 1. The standard InChI is InChI=1S/C17H19BrFNO/c1-11-3-4-16(19)9-14(11)10-21-17-12(2)7-15(18)8-13(17)5-6-20/h3-4,7-9H,5-6,10,20H2,1-2H3. The molecule has 0 bridgehead atoms. The van der Waals surface area contributed by atoms with E-state index in [1.54, 1.807) is 6.07 Å². The van der Waals surface area contributed by atoms with Crippen molar-refractivity contribution in [3.63, 3.8) is 0 Å². The highest BCUT2D eigenvalue weighted by atomic mass is 79.9. The summed E-state index contributed by atoms with van der Waals surface area (Å²) in [5, 5.41) is 0. The molecule has 0 amide bonds. The lowest BCUT2D eigenvalue weighted by molar-refractivity contribution is 0.299. The first-order valence-electron chi connectivity index (χ1n) is 6.88. The van der Waals surface area contributed by atoms with Gasteiger partial charge in [0.05, 0.1) is 0 Å². The lowest BCUT2D eigenvalue weighted by atomic mass is 10.1. The van der Waals surface area contributed by atoms with Crippen molar-refractivity contribution in [3.05, 3.63) is 62.9 Å². The van der Waals surface area contributed by atoms with Crippen molar-refractivity contribution in [1.82, 2.24) is 0 Å². The van der Waals surface area contributed by atoms with Crippen molar-refractivity contribution < 1.29 is 9.13 Å². The van der Waals surface area contributed by atoms with E-state index in [1.807, 2.05) is 26.0 Å². The average Bonchev–Trinajstić information content (AvgIpc) is 2.41. The number of hydrogen-bond acceptors (Lipinski definition) is 2. The largest absolute Gasteiger partial charge is 0.488 e. The summed E-state index contributed by atoms with van der Waals surface area (Å²) in [7, 11) is 0. The molecule has 21 heavy (non-hydrogen) atoms. The van der Waals surface area contributed by atoms with E-state index in [9.17, 15) is 4.39 Å². The first-order valence-corrected chi connectivity index (χ1v) is 7.67. The van der Waals surface area contributed by atoms with E-state index < -0.39 is 0 Å². The Morgan fingerprint density at radius 3 is 2.57 bits per heavy atom. The SMILES string of the molecule is Cc1ccc(F)cc1COc1c(C)cc(Br)cc1CCN. The maximum Gasteiger partial charge on any atom is 0.126 e. The van der Waals surface area contributed by atoms with Crippen molar-refractivity contribution in [3.8, 4) is 5.75 Å². The normalized spacial score (nSPS) is 10.7. The molecule has 112 valence electrons. The van der Waals surface area contributed by atoms with Crippen molar-refractivity contribution in [2.24, 2.45) is 5.73 Å². The zero-order valence-corrected chi connectivity index (χ0v) is 13.8. The molecule has 0 atom stereocenters. The third-order valence-corrected chi connectivity index (χ3v) is 3.87. The van der Waals surface area contributed by atoms with Gasteiger partial charge in [-0.25, -0.2) is 4.39 Å². The summed E-state index contributed by atoms with van der Waals surface area (Å²) in [5.41, 5.74) is 9.65. The fourth-order valence-electron chi connectivity index (χ4n) is 2.29. The van der Waals surface area contributed by atoms with Crippen LogP contribution >= 0.6 is 15.9 Å². The quantitative estimate of drug-likeness (QED) is 0.872. The molecule has 4 heteroatoms. The van der Waals surface area contributed by atoms with E-state index in [0.29, 0.717) is 13.2 Å². The Hall–Kier alpha value is -1.39. The molecule has 2 N–H and O–H groups in total. The number of nitrogens with two attached hydrogens (primary N) is 1. The van der Waals surface area contributed by atoms with Crippen LogP contribution in [0.4, 0.5) is 4.39 Å². The fraction of sp³-hybridized carbons (Fsp3) is 0.294. The van der Waals surface area contributed by atoms with Crippen molar-refractivity contribution in [1.29, 1.82) is 0 Å². The maximum atomic E-state index is 13.3. The summed E-state index contributed by atoms with van der Waals surface area (Å²) in [6.07, 6.45) is 0.748. The molecule has 2 rings (SSSR count). The summed E-state index contributed by atoms with van der Waals surface area (Å²) in [6.45, 7) is 4.86. The minimum Gasteiger partial charge on any atom is -0.488 e. The predicted molar refractivity (Wildman–Crippen MR) is 87.1 cm³/mol. The molecule has 0 aliphatic heterocycles. The summed E-state index contributed by atoms with van der Waals surface area (Å²) >= 11 is 3.49. The van der Waals surface area contributed by atoms with Crippen LogP contribution in [0.15, 0.2) is 34.8 Å². The number of hydrogen-bond donors (Lipinski definition) is 1. The highest BCUT2D eigenvalue weighted by Gasteiger charge is 2.10. The zero-order valence-electron chi connectivity index (χ0n) is 12.2. The molecule has 0 spiro atoms. The Morgan fingerprint density at radius 2 is 1.86 bits per heavy atom. The predicted octanol–water partition coefficient (Wildman–Crippen LogP) is 4.29. The molecule has 0 fully saturated rings. The van der Waals surface area contributed by atoms with E-state index in [2.05, 4.69) is 15.9 Å². The Bertz CT molecular complexity index is 643. The van der Waals surface area contributed by atoms with E-state index in [1.165, 1.54) is 12.1 Å². The molecule has 0 radical (unpaired) electrons. The smallest absolute Gasteiger partial charge is 0.126 e. The van der Waals surface area contributed by atoms with Gasteiger partial charge in [0.1, 0.15) is 18.2 Å². The molecular formula is C17H19BrFNO. The second-order valence-corrected chi connectivity index (χ2v) is 6.02. The molecular weight excluding hydrogens is 333 g/mol. The van der Waals surface area contributed by atoms with Crippen LogP contribution in [0.3, 0.4) is 0 Å². The van der Waals surface area contributed by atoms with E-state index in [0.717, 1.165) is 38.9 Å². The van der Waals surface area contributed by atoms with Gasteiger partial charge in [-0.05, 0) is 73.3 Å². The molecule has 0 heterocycles. The van der Waals surface area contributed by atoms with Crippen LogP contribution in [-0.4, -0.2) is 6.54 Å². The highest BCUT2D eigenvalue weighted by molar-refractivity contribution is 9.10. The Labute approximate surface area is 133 Å². The monoisotopic (exact) mass is 351 g/mol. The van der Waals surface area contributed by atoms with E-state index in [-0.39, 0.29) is 5.82 Å². The lowest BCUT2D eigenvalue weighted by Gasteiger charge is -2.15. The number of halogens is 2. The summed E-state index contributed by atoms with van der Waals surface area (Å²) in [4.78, 5) is 0. The number of aryl methyl sites for hydroxylation is 2. The Balaban J connectivity index is 2.25. The first kappa shape index (κ1) is 16.0. The topological polar surface area (TPSA) is 35.2 Å². The van der Waals surface area contributed by atoms with Gasteiger partial charge in [-0.1, -0.05) is 22.0 Å². The molecule has 0 aliphatic carbocycles. The second kappa shape index (κ2) is 7.05. The average molecular weight is 352 g/mol. The van der Waals surface area contributed by atoms with Crippen LogP contribution in [0.1, 0.15) is 22.3 Å². The van der Waals surface area contributed by atoms with Gasteiger partial charge in [-0.15, -0.1) is 0 Å². The molecule has 0 saturated carbocycles. The third-order valence-electron chi connectivity index (χ3n) is 3.41. The molecule has 0 saturated heterocycles. The minimum atomic E-state index is -0.242. The van der Waals surface area contributed by atoms with Crippen molar-refractivity contribution >= 4 is 15.9 Å². The van der Waals surface area contributed by atoms with Gasteiger partial charge in [0.25, 0.3) is 0 Å². The molecule has 0 aromatic heterocycles. The van der Waals surface area contributed by atoms with Crippen molar-refractivity contribution in [2.75, 3.05) is 6.54 Å². The molecule has 2 aromatic rings. The van der Waals surface area contributed by atoms with Crippen LogP contribution in [0.2, 0.25) is 0 Å². The number of rotatable bonds is 5. The van der Waals surface area contributed by atoms with Crippen LogP contribution in [0, 0.1) is 19.7 Å². The van der Waals surface area contributed by atoms with Gasteiger partial charge in [-0.3, -0.25) is 0 Å². The van der Waals surface area contributed by atoms with Crippen LogP contribution in [0.25, 0.3) is 0 Å². The van der Waals surface area contributed by atoms with Crippen molar-refractivity contribution in [2.45, 2.75) is 26.9 Å². The highest BCUT2D eigenvalue weighted by Crippen LogP contribution is 2.29. The molecule has 2 aromatic carbocycles. The zero-order chi connectivity index (χ0) is 15.4. The van der Waals surface area contributed by atoms with E-state index in [4.69, 9.17) is 10.5 Å². The minimum absolute atomic E-state index is 0.242. The first-order chi connectivity index (χ1) is 10.0. The van der Waals surface area contributed by atoms with Gasteiger partial charge in [0.15, 0.2) is 0 Å². The van der Waals surface area contributed by atoms with Crippen LogP contribution in [0.5, 0.6) is 5.75 Å². The maximum absolute atomic E-state index is 13.3. The molecule has 2 nitrogen and oxygen atoms in total. The summed E-state index contributed by atoms with van der Waals surface area (Å²) in [5.74, 6) is 0.598. The lowest BCUT2D eigenvalue weighted by Crippen LogP contribution is -2.07. The number of benzene rings is 2.